The van der Waals surface area contributed by atoms with E-state index in [0.29, 0.717) is 21.4 Å². The summed E-state index contributed by atoms with van der Waals surface area (Å²) in [6.45, 7) is 0. The summed E-state index contributed by atoms with van der Waals surface area (Å²) < 4.78 is 0. The van der Waals surface area contributed by atoms with Gasteiger partial charge in [0.05, 0.1) is 5.69 Å². The monoisotopic (exact) mass is 361 g/mol. The fraction of sp³-hybridized carbons (Fsp3) is 0.0588. The summed E-state index contributed by atoms with van der Waals surface area (Å²) >= 11 is 11.8. The van der Waals surface area contributed by atoms with E-state index >= 15 is 0 Å². The molecule has 0 radical (unpaired) electrons. The average molecular weight is 362 g/mol. The maximum absolute atomic E-state index is 12.4. The van der Waals surface area contributed by atoms with Crippen LogP contribution < -0.4 is 15.8 Å². The lowest BCUT2D eigenvalue weighted by atomic mass is 10.2. The Labute approximate surface area is 148 Å². The van der Waals surface area contributed by atoms with Crippen molar-refractivity contribution in [3.63, 3.8) is 0 Å². The molecule has 0 unspecified atom stereocenters. The van der Waals surface area contributed by atoms with Gasteiger partial charge in [0.15, 0.2) is 0 Å². The van der Waals surface area contributed by atoms with E-state index in [0.717, 1.165) is 0 Å². The van der Waals surface area contributed by atoms with Crippen LogP contribution in [-0.4, -0.2) is 11.8 Å². The molecule has 0 atom stereocenters. The molecule has 0 aromatic heterocycles. The van der Waals surface area contributed by atoms with E-state index in [2.05, 4.69) is 10.7 Å². The number of amides is 2. The van der Waals surface area contributed by atoms with E-state index in [1.165, 1.54) is 5.01 Å². The predicted octanol–water partition coefficient (Wildman–Crippen LogP) is 3.76. The molecule has 1 aliphatic rings. The minimum atomic E-state index is -0.358. The first-order valence-electron chi connectivity index (χ1n) is 7.15. The van der Waals surface area contributed by atoms with Gasteiger partial charge in [-0.1, -0.05) is 29.3 Å². The topological polar surface area (TPSA) is 61.4 Å². The quantitative estimate of drug-likeness (QED) is 0.874. The number of halogens is 2. The van der Waals surface area contributed by atoms with Gasteiger partial charge in [0, 0.05) is 22.2 Å². The highest BCUT2D eigenvalue weighted by atomic mass is 35.5. The van der Waals surface area contributed by atoms with Crippen LogP contribution in [-0.2, 0) is 9.59 Å². The molecular formula is C17H13Cl2N3O2. The van der Waals surface area contributed by atoms with Crippen LogP contribution in [0.4, 0.5) is 11.4 Å². The molecule has 1 aliphatic heterocycles. The minimum absolute atomic E-state index is 0.119. The zero-order valence-corrected chi connectivity index (χ0v) is 13.9. The molecule has 7 heteroatoms. The molecule has 2 N–H and O–H groups in total. The molecule has 2 aromatic carbocycles. The highest BCUT2D eigenvalue weighted by Gasteiger charge is 2.24. The van der Waals surface area contributed by atoms with Crippen molar-refractivity contribution in [1.29, 1.82) is 0 Å². The number of hydrogen-bond acceptors (Lipinski definition) is 3. The van der Waals surface area contributed by atoms with Crippen LogP contribution in [0, 0.1) is 0 Å². The lowest BCUT2D eigenvalue weighted by molar-refractivity contribution is -0.119. The zero-order valence-electron chi connectivity index (χ0n) is 12.4. The van der Waals surface area contributed by atoms with Crippen LogP contribution in [0.25, 0.3) is 0 Å². The second kappa shape index (κ2) is 6.95. The summed E-state index contributed by atoms with van der Waals surface area (Å²) in [6.07, 6.45) is 1.67. The third-order valence-electron chi connectivity index (χ3n) is 3.37. The number of hydrazine groups is 1. The second-order valence-electron chi connectivity index (χ2n) is 5.10. The van der Waals surface area contributed by atoms with Gasteiger partial charge >= 0.3 is 0 Å². The molecule has 1 heterocycles. The molecule has 0 spiro atoms. The predicted molar refractivity (Wildman–Crippen MR) is 94.9 cm³/mol. The third kappa shape index (κ3) is 3.69. The fourth-order valence-electron chi connectivity index (χ4n) is 2.22. The van der Waals surface area contributed by atoms with Gasteiger partial charge < -0.3 is 5.32 Å². The van der Waals surface area contributed by atoms with Gasteiger partial charge in [-0.25, -0.2) is 5.01 Å². The number of benzene rings is 2. The molecule has 0 saturated heterocycles. The number of rotatable bonds is 3. The lowest BCUT2D eigenvalue weighted by Crippen LogP contribution is -2.47. The van der Waals surface area contributed by atoms with Crippen LogP contribution in [0.2, 0.25) is 10.0 Å². The van der Waals surface area contributed by atoms with Crippen molar-refractivity contribution in [2.24, 2.45) is 0 Å². The van der Waals surface area contributed by atoms with Gasteiger partial charge in [0.25, 0.3) is 5.91 Å². The Bertz CT molecular complexity index is 819. The molecule has 0 bridgehead atoms. The smallest absolute Gasteiger partial charge is 0.273 e. The summed E-state index contributed by atoms with van der Waals surface area (Å²) in [5.41, 5.74) is 4.29. The van der Waals surface area contributed by atoms with E-state index in [1.54, 1.807) is 54.6 Å². The van der Waals surface area contributed by atoms with Crippen LogP contribution in [0.1, 0.15) is 6.42 Å². The standard InChI is InChI=1S/C17H13Cl2N3O2/c18-11-4-6-14(7-5-11)22-16(23)9-8-15(21-22)17(24)20-13-3-1-2-12(19)10-13/h1-8,10,21H,9H2,(H,20,24). The largest absolute Gasteiger partial charge is 0.321 e. The summed E-state index contributed by atoms with van der Waals surface area (Å²) in [5, 5.41) is 5.15. The van der Waals surface area contributed by atoms with Gasteiger partial charge in [-0.05, 0) is 48.5 Å². The van der Waals surface area contributed by atoms with Gasteiger partial charge in [-0.3, -0.25) is 15.0 Å². The Morgan fingerprint density at radius 3 is 2.54 bits per heavy atom. The molecule has 0 aliphatic carbocycles. The van der Waals surface area contributed by atoms with Crippen molar-refractivity contribution in [2.45, 2.75) is 6.42 Å². The van der Waals surface area contributed by atoms with Crippen LogP contribution in [0.5, 0.6) is 0 Å². The van der Waals surface area contributed by atoms with Gasteiger partial charge in [-0.15, -0.1) is 0 Å². The Morgan fingerprint density at radius 2 is 1.83 bits per heavy atom. The summed E-state index contributed by atoms with van der Waals surface area (Å²) in [4.78, 5) is 24.5. The molecule has 2 amide bonds. The lowest BCUT2D eigenvalue weighted by Gasteiger charge is -2.28. The van der Waals surface area contributed by atoms with E-state index in [4.69, 9.17) is 23.2 Å². The Kier molecular flexibility index (Phi) is 4.74. The van der Waals surface area contributed by atoms with Crippen molar-refractivity contribution in [2.75, 3.05) is 10.3 Å². The van der Waals surface area contributed by atoms with E-state index < -0.39 is 0 Å². The minimum Gasteiger partial charge on any atom is -0.321 e. The van der Waals surface area contributed by atoms with E-state index in [1.807, 2.05) is 0 Å². The van der Waals surface area contributed by atoms with Crippen molar-refractivity contribution in [3.8, 4) is 0 Å². The zero-order chi connectivity index (χ0) is 17.1. The molecule has 5 nitrogen and oxygen atoms in total. The summed E-state index contributed by atoms with van der Waals surface area (Å²) in [6, 6.07) is 13.6. The van der Waals surface area contributed by atoms with Gasteiger partial charge in [0.2, 0.25) is 5.91 Å². The normalized spacial score (nSPS) is 14.0. The molecule has 0 fully saturated rings. The number of carbonyl (C=O) groups is 2. The fourth-order valence-corrected chi connectivity index (χ4v) is 2.53. The highest BCUT2D eigenvalue weighted by Crippen LogP contribution is 2.21. The number of anilines is 2. The molecule has 0 saturated carbocycles. The van der Waals surface area contributed by atoms with Crippen LogP contribution in [0.15, 0.2) is 60.3 Å². The highest BCUT2D eigenvalue weighted by molar-refractivity contribution is 6.31. The number of hydrogen-bond donors (Lipinski definition) is 2. The Morgan fingerprint density at radius 1 is 1.08 bits per heavy atom. The van der Waals surface area contributed by atoms with Gasteiger partial charge in [0.1, 0.15) is 5.70 Å². The maximum Gasteiger partial charge on any atom is 0.273 e. The molecule has 3 rings (SSSR count). The number of nitrogens with zero attached hydrogens (tertiary/aromatic N) is 1. The summed E-state index contributed by atoms with van der Waals surface area (Å²) in [7, 11) is 0. The number of nitrogens with one attached hydrogen (secondary N) is 2. The maximum atomic E-state index is 12.4. The Hall–Kier alpha value is -2.50. The Balaban J connectivity index is 1.75. The van der Waals surface area contributed by atoms with Crippen LogP contribution in [0.3, 0.4) is 0 Å². The molecule has 2 aromatic rings. The average Bonchev–Trinajstić information content (AvgIpc) is 2.56. The van der Waals surface area contributed by atoms with E-state index in [-0.39, 0.29) is 23.9 Å². The SMILES string of the molecule is O=C(Nc1cccc(Cl)c1)C1=CCC(=O)N(c2ccc(Cl)cc2)N1. The van der Waals surface area contributed by atoms with E-state index in [9.17, 15) is 9.59 Å². The number of carbonyl (C=O) groups excluding carboxylic acids is 2. The van der Waals surface area contributed by atoms with Crippen molar-refractivity contribution in [3.05, 3.63) is 70.3 Å². The first-order valence-corrected chi connectivity index (χ1v) is 7.91. The first kappa shape index (κ1) is 16.4. The molecule has 122 valence electrons. The summed E-state index contributed by atoms with van der Waals surface area (Å²) in [5.74, 6) is -0.527. The molecule has 24 heavy (non-hydrogen) atoms. The van der Waals surface area contributed by atoms with Gasteiger partial charge in [-0.2, -0.15) is 0 Å². The first-order chi connectivity index (χ1) is 11.5. The molecular weight excluding hydrogens is 349 g/mol. The second-order valence-corrected chi connectivity index (χ2v) is 5.98. The third-order valence-corrected chi connectivity index (χ3v) is 3.86. The van der Waals surface area contributed by atoms with Crippen molar-refractivity contribution >= 4 is 46.4 Å². The van der Waals surface area contributed by atoms with Crippen molar-refractivity contribution < 1.29 is 9.59 Å². The van der Waals surface area contributed by atoms with Crippen LogP contribution >= 0.6 is 23.2 Å². The van der Waals surface area contributed by atoms with Crippen molar-refractivity contribution in [1.82, 2.24) is 5.43 Å².